The van der Waals surface area contributed by atoms with E-state index in [-0.39, 0.29) is 16.0 Å². The molecule has 8 nitrogen and oxygen atoms in total. The normalized spacial score (nSPS) is 16.9. The molecule has 4 rings (SSSR count). The second-order valence-electron chi connectivity index (χ2n) is 10.1. The van der Waals surface area contributed by atoms with Crippen molar-refractivity contribution in [3.05, 3.63) is 81.0 Å². The molecule has 35 heavy (non-hydrogen) atoms. The van der Waals surface area contributed by atoms with Gasteiger partial charge < -0.3 is 4.98 Å². The highest BCUT2D eigenvalue weighted by atomic mass is 16.6. The molecule has 3 N–H and O–H groups in total. The number of H-pyrrole nitrogens is 1. The van der Waals surface area contributed by atoms with Crippen LogP contribution in [0.15, 0.2) is 48.5 Å². The molecule has 1 unspecified atom stereocenters. The molecular formula is C27H32N4O4. The first-order valence-electron chi connectivity index (χ1n) is 11.9. The molecule has 3 aromatic rings. The first-order chi connectivity index (χ1) is 16.7. The van der Waals surface area contributed by atoms with Crippen LogP contribution in [-0.4, -0.2) is 39.0 Å². The smallest absolute Gasteiger partial charge is 0.271 e. The number of likely N-dealkylation sites (tertiary alicyclic amines) is 1. The second kappa shape index (κ2) is 10.0. The number of rotatable bonds is 7. The van der Waals surface area contributed by atoms with Gasteiger partial charge >= 0.3 is 0 Å². The van der Waals surface area contributed by atoms with E-state index in [0.29, 0.717) is 6.04 Å². The molecule has 0 aliphatic carbocycles. The maximum atomic E-state index is 11.3. The number of nitro benzene ring substituents is 1. The van der Waals surface area contributed by atoms with Gasteiger partial charge in [0.25, 0.3) is 11.6 Å². The molecule has 0 spiro atoms. The first-order valence-corrected chi connectivity index (χ1v) is 11.9. The topological polar surface area (TPSA) is 112 Å². The number of non-ortho nitro benzene ring substituents is 1. The van der Waals surface area contributed by atoms with E-state index in [1.165, 1.54) is 17.2 Å². The van der Waals surface area contributed by atoms with Crippen LogP contribution in [0.25, 0.3) is 17.0 Å². The number of hydroxylamine groups is 1. The van der Waals surface area contributed by atoms with Gasteiger partial charge in [0.05, 0.1) is 10.4 Å². The van der Waals surface area contributed by atoms with E-state index in [1.807, 2.05) is 18.2 Å². The summed E-state index contributed by atoms with van der Waals surface area (Å²) in [6, 6.07) is 13.6. The number of carbonyl (C=O) groups excluding carboxylic acids is 1. The third-order valence-corrected chi connectivity index (χ3v) is 6.72. The van der Waals surface area contributed by atoms with E-state index in [4.69, 9.17) is 5.21 Å². The van der Waals surface area contributed by atoms with E-state index in [0.717, 1.165) is 54.5 Å². The number of carbonyl (C=O) groups is 1. The first kappa shape index (κ1) is 24.6. The van der Waals surface area contributed by atoms with Gasteiger partial charge in [-0.1, -0.05) is 45.0 Å². The minimum atomic E-state index is -0.558. The van der Waals surface area contributed by atoms with Gasteiger partial charge in [-0.05, 0) is 54.6 Å². The van der Waals surface area contributed by atoms with Crippen molar-refractivity contribution in [2.45, 2.75) is 51.5 Å². The summed E-state index contributed by atoms with van der Waals surface area (Å²) >= 11 is 0. The predicted octanol–water partition coefficient (Wildman–Crippen LogP) is 5.27. The highest BCUT2D eigenvalue weighted by Crippen LogP contribution is 2.36. The van der Waals surface area contributed by atoms with E-state index in [9.17, 15) is 14.9 Å². The van der Waals surface area contributed by atoms with E-state index < -0.39 is 5.91 Å². The van der Waals surface area contributed by atoms with Crippen molar-refractivity contribution in [2.24, 2.45) is 0 Å². The standard InChI is InChI=1S/C27H32N4O4/c1-27(2,3)26-22(21-12-11-20(31(34)35)17-23(21)28-26)14-16-30-15-4-5-24(30)19-9-6-18(7-10-19)8-13-25(32)29-33/h6-13,17,24,28,33H,4-5,14-16H2,1-3H3,(H,29,32). The number of fused-ring (bicyclic) bond motifs is 1. The average molecular weight is 477 g/mol. The largest absolute Gasteiger partial charge is 0.358 e. The van der Waals surface area contributed by atoms with Gasteiger partial charge in [0, 0.05) is 47.3 Å². The maximum absolute atomic E-state index is 11.3. The molecule has 2 aromatic carbocycles. The Morgan fingerprint density at radius 3 is 2.66 bits per heavy atom. The summed E-state index contributed by atoms with van der Waals surface area (Å²) in [7, 11) is 0. The van der Waals surface area contributed by atoms with Crippen LogP contribution >= 0.6 is 0 Å². The summed E-state index contributed by atoms with van der Waals surface area (Å²) < 4.78 is 0. The van der Waals surface area contributed by atoms with Crippen LogP contribution in [0.3, 0.4) is 0 Å². The van der Waals surface area contributed by atoms with Crippen molar-refractivity contribution in [3.63, 3.8) is 0 Å². The third kappa shape index (κ3) is 5.44. The quantitative estimate of drug-likeness (QED) is 0.186. The number of hydrogen-bond acceptors (Lipinski definition) is 5. The molecule has 0 bridgehead atoms. The number of aromatic nitrogens is 1. The molecule has 1 aromatic heterocycles. The lowest BCUT2D eigenvalue weighted by atomic mass is 9.88. The number of aromatic amines is 1. The molecular weight excluding hydrogens is 444 g/mol. The van der Waals surface area contributed by atoms with Gasteiger partial charge in [0.15, 0.2) is 0 Å². The van der Waals surface area contributed by atoms with Crippen molar-refractivity contribution in [2.75, 3.05) is 13.1 Å². The summed E-state index contributed by atoms with van der Waals surface area (Å²) in [6.07, 6.45) is 6.04. The molecule has 1 aliphatic heterocycles. The minimum Gasteiger partial charge on any atom is -0.358 e. The second-order valence-corrected chi connectivity index (χ2v) is 10.1. The van der Waals surface area contributed by atoms with Gasteiger partial charge in [0.1, 0.15) is 0 Å². The molecule has 1 amide bonds. The fourth-order valence-corrected chi connectivity index (χ4v) is 5.02. The van der Waals surface area contributed by atoms with Crippen LogP contribution < -0.4 is 5.48 Å². The fraction of sp³-hybridized carbons (Fsp3) is 0.370. The number of amides is 1. The Morgan fingerprint density at radius 2 is 2.00 bits per heavy atom. The maximum Gasteiger partial charge on any atom is 0.271 e. The zero-order chi connectivity index (χ0) is 25.2. The predicted molar refractivity (Wildman–Crippen MR) is 136 cm³/mol. The van der Waals surface area contributed by atoms with Crippen LogP contribution in [0.4, 0.5) is 5.69 Å². The number of hydrogen-bond donors (Lipinski definition) is 3. The molecule has 1 aliphatic rings. The lowest BCUT2D eigenvalue weighted by Gasteiger charge is -2.26. The number of nitrogens with zero attached hydrogens (tertiary/aromatic N) is 2. The zero-order valence-corrected chi connectivity index (χ0v) is 20.4. The van der Waals surface area contributed by atoms with Crippen molar-refractivity contribution in [3.8, 4) is 0 Å². The van der Waals surface area contributed by atoms with Gasteiger partial charge in [-0.25, -0.2) is 5.48 Å². The van der Waals surface area contributed by atoms with E-state index >= 15 is 0 Å². The highest BCUT2D eigenvalue weighted by Gasteiger charge is 2.28. The van der Waals surface area contributed by atoms with Crippen molar-refractivity contribution in [1.29, 1.82) is 0 Å². The summed E-state index contributed by atoms with van der Waals surface area (Å²) in [5, 5.41) is 20.9. The average Bonchev–Trinajstić information content (AvgIpc) is 3.45. The lowest BCUT2D eigenvalue weighted by Crippen LogP contribution is -2.26. The molecule has 0 radical (unpaired) electrons. The van der Waals surface area contributed by atoms with Crippen LogP contribution in [0.5, 0.6) is 0 Å². The van der Waals surface area contributed by atoms with Gasteiger partial charge in [0.2, 0.25) is 0 Å². The van der Waals surface area contributed by atoms with Crippen molar-refractivity contribution >= 4 is 28.6 Å². The van der Waals surface area contributed by atoms with Crippen LogP contribution in [0.1, 0.15) is 62.0 Å². The molecule has 1 fully saturated rings. The zero-order valence-electron chi connectivity index (χ0n) is 20.4. The fourth-order valence-electron chi connectivity index (χ4n) is 5.02. The Kier molecular flexibility index (Phi) is 7.05. The molecule has 184 valence electrons. The number of benzene rings is 2. The molecule has 0 saturated carbocycles. The Labute approximate surface area is 204 Å². The Hall–Kier alpha value is -3.49. The Balaban J connectivity index is 1.54. The van der Waals surface area contributed by atoms with Gasteiger partial charge in [-0.3, -0.25) is 25.0 Å². The SMILES string of the molecule is CC(C)(C)c1[nH]c2cc([N+](=O)[O-])ccc2c1CCN1CCCC1c1ccc(C=CC(=O)NO)cc1. The summed E-state index contributed by atoms with van der Waals surface area (Å²) in [5.74, 6) is -0.558. The summed E-state index contributed by atoms with van der Waals surface area (Å²) in [5.41, 5.74) is 6.90. The minimum absolute atomic E-state index is 0.0978. The molecule has 1 atom stereocenters. The van der Waals surface area contributed by atoms with Crippen molar-refractivity contribution < 1.29 is 14.9 Å². The van der Waals surface area contributed by atoms with Crippen LogP contribution in [0, 0.1) is 10.1 Å². The molecule has 1 saturated heterocycles. The number of nitrogens with one attached hydrogen (secondary N) is 2. The van der Waals surface area contributed by atoms with Crippen molar-refractivity contribution in [1.82, 2.24) is 15.4 Å². The van der Waals surface area contributed by atoms with Gasteiger partial charge in [-0.2, -0.15) is 0 Å². The summed E-state index contributed by atoms with van der Waals surface area (Å²) in [4.78, 5) is 28.1. The number of nitro groups is 1. The summed E-state index contributed by atoms with van der Waals surface area (Å²) in [6.45, 7) is 8.41. The highest BCUT2D eigenvalue weighted by molar-refractivity contribution is 5.90. The third-order valence-electron chi connectivity index (χ3n) is 6.72. The van der Waals surface area contributed by atoms with Gasteiger partial charge in [-0.15, -0.1) is 0 Å². The molecule has 2 heterocycles. The van der Waals surface area contributed by atoms with E-state index in [2.05, 4.69) is 42.8 Å². The van der Waals surface area contributed by atoms with Crippen LogP contribution in [-0.2, 0) is 16.6 Å². The lowest BCUT2D eigenvalue weighted by molar-refractivity contribution is -0.384. The van der Waals surface area contributed by atoms with Crippen LogP contribution in [0.2, 0.25) is 0 Å². The molecule has 8 heteroatoms. The Bertz CT molecular complexity index is 1250. The Morgan fingerprint density at radius 1 is 1.26 bits per heavy atom. The monoisotopic (exact) mass is 476 g/mol. The van der Waals surface area contributed by atoms with E-state index in [1.54, 1.807) is 23.7 Å².